The van der Waals surface area contributed by atoms with Crippen molar-refractivity contribution in [1.29, 1.82) is 0 Å². The lowest BCUT2D eigenvalue weighted by atomic mass is 10.1. The summed E-state index contributed by atoms with van der Waals surface area (Å²) in [6.07, 6.45) is 3.56. The van der Waals surface area contributed by atoms with Crippen molar-refractivity contribution in [2.24, 2.45) is 4.99 Å². The summed E-state index contributed by atoms with van der Waals surface area (Å²) in [7, 11) is 0. The molecule has 0 bridgehead atoms. The van der Waals surface area contributed by atoms with Crippen LogP contribution >= 0.6 is 11.8 Å². The molecular weight excluding hydrogens is 362 g/mol. The van der Waals surface area contributed by atoms with E-state index >= 15 is 0 Å². The van der Waals surface area contributed by atoms with Crippen molar-refractivity contribution in [2.45, 2.75) is 31.1 Å². The molecular formula is C25H23NOS. The Morgan fingerprint density at radius 3 is 2.39 bits per heavy atom. The van der Waals surface area contributed by atoms with E-state index in [-0.39, 0.29) is 0 Å². The van der Waals surface area contributed by atoms with Crippen molar-refractivity contribution in [1.82, 2.24) is 0 Å². The Morgan fingerprint density at radius 2 is 1.61 bits per heavy atom. The molecule has 0 fully saturated rings. The van der Waals surface area contributed by atoms with Crippen molar-refractivity contribution < 1.29 is 4.74 Å². The Kier molecular flexibility index (Phi) is 5.93. The highest BCUT2D eigenvalue weighted by Crippen LogP contribution is 2.28. The summed E-state index contributed by atoms with van der Waals surface area (Å²) in [6.45, 7) is 2.05. The Balaban J connectivity index is 1.63. The third kappa shape index (κ3) is 4.73. The van der Waals surface area contributed by atoms with Crippen LogP contribution in [0.25, 0.3) is 0 Å². The third-order valence-electron chi connectivity index (χ3n) is 4.72. The van der Waals surface area contributed by atoms with Crippen molar-refractivity contribution in [3.8, 4) is 5.75 Å². The van der Waals surface area contributed by atoms with Gasteiger partial charge in [-0.05, 0) is 79.1 Å². The molecule has 0 atom stereocenters. The normalized spacial score (nSPS) is 14.0. The monoisotopic (exact) mass is 385 g/mol. The average molecular weight is 386 g/mol. The van der Waals surface area contributed by atoms with Gasteiger partial charge in [0, 0.05) is 10.5 Å². The molecule has 0 saturated heterocycles. The van der Waals surface area contributed by atoms with Crippen LogP contribution in [0.5, 0.6) is 5.75 Å². The topological polar surface area (TPSA) is 21.6 Å². The Bertz CT molecular complexity index is 994. The predicted molar refractivity (Wildman–Crippen MR) is 119 cm³/mol. The van der Waals surface area contributed by atoms with E-state index < -0.39 is 0 Å². The first-order valence-electron chi connectivity index (χ1n) is 9.60. The number of hydrogen-bond donors (Lipinski definition) is 0. The Morgan fingerprint density at radius 1 is 0.893 bits per heavy atom. The molecule has 0 spiro atoms. The number of para-hydroxylation sites is 1. The van der Waals surface area contributed by atoms with Gasteiger partial charge in [0.1, 0.15) is 5.75 Å². The first-order valence-corrected chi connectivity index (χ1v) is 10.5. The summed E-state index contributed by atoms with van der Waals surface area (Å²) in [5, 5.41) is 2.10. The molecule has 3 aromatic rings. The number of aliphatic imine (C=N–C) groups is 1. The van der Waals surface area contributed by atoms with E-state index in [1.807, 2.05) is 55.5 Å². The molecule has 0 saturated carbocycles. The molecule has 0 aromatic heterocycles. The second-order valence-corrected chi connectivity index (χ2v) is 7.81. The smallest absolute Gasteiger partial charge is 0.223 e. The van der Waals surface area contributed by atoms with Gasteiger partial charge in [-0.25, -0.2) is 4.99 Å². The molecule has 28 heavy (non-hydrogen) atoms. The number of thioether (sulfide) groups is 1. The molecule has 0 N–H and O–H groups in total. The fraction of sp³-hybridized carbons (Fsp3) is 0.160. The van der Waals surface area contributed by atoms with Crippen LogP contribution in [0, 0.1) is 0 Å². The highest BCUT2D eigenvalue weighted by atomic mass is 32.2. The van der Waals surface area contributed by atoms with Crippen LogP contribution in [0.2, 0.25) is 0 Å². The largest absolute Gasteiger partial charge is 0.439 e. The lowest BCUT2D eigenvalue weighted by Gasteiger charge is -2.10. The third-order valence-corrected chi connectivity index (χ3v) is 5.74. The van der Waals surface area contributed by atoms with Gasteiger partial charge < -0.3 is 4.74 Å². The molecule has 1 aliphatic rings. The van der Waals surface area contributed by atoms with Crippen molar-refractivity contribution in [2.75, 3.05) is 0 Å². The molecule has 0 radical (unpaired) electrons. The fourth-order valence-electron chi connectivity index (χ4n) is 3.24. The molecule has 2 nitrogen and oxygen atoms in total. The highest BCUT2D eigenvalue weighted by Gasteiger charge is 2.12. The van der Waals surface area contributed by atoms with Crippen molar-refractivity contribution in [3.63, 3.8) is 0 Å². The van der Waals surface area contributed by atoms with Gasteiger partial charge in [-0.1, -0.05) is 54.2 Å². The maximum Gasteiger partial charge on any atom is 0.223 e. The van der Waals surface area contributed by atoms with Crippen LogP contribution in [0.3, 0.4) is 0 Å². The van der Waals surface area contributed by atoms with Crippen LogP contribution in [-0.2, 0) is 12.8 Å². The van der Waals surface area contributed by atoms with Gasteiger partial charge in [0.2, 0.25) is 5.90 Å². The second-order valence-electron chi connectivity index (χ2n) is 6.87. The molecule has 3 aromatic carbocycles. The van der Waals surface area contributed by atoms with Gasteiger partial charge in [-0.3, -0.25) is 0 Å². The minimum Gasteiger partial charge on any atom is -0.439 e. The zero-order valence-corrected chi connectivity index (χ0v) is 16.8. The van der Waals surface area contributed by atoms with Gasteiger partial charge >= 0.3 is 0 Å². The van der Waals surface area contributed by atoms with E-state index in [1.54, 1.807) is 11.8 Å². The van der Waals surface area contributed by atoms with Gasteiger partial charge in [-0.15, -0.1) is 0 Å². The molecule has 1 aliphatic carbocycles. The molecule has 4 rings (SSSR count). The number of fused-ring (bicyclic) bond motifs is 1. The zero-order chi connectivity index (χ0) is 19.2. The lowest BCUT2D eigenvalue weighted by molar-refractivity contribution is 0.551. The van der Waals surface area contributed by atoms with Crippen LogP contribution in [-0.4, -0.2) is 5.90 Å². The molecule has 0 amide bonds. The quantitative estimate of drug-likeness (QED) is 0.268. The summed E-state index contributed by atoms with van der Waals surface area (Å²) in [4.78, 5) is 6.05. The number of nitrogens with zero attached hydrogens (tertiary/aromatic N) is 1. The Labute approximate surface area is 171 Å². The molecule has 3 heteroatoms. The number of hydrogen-bond acceptors (Lipinski definition) is 3. The van der Waals surface area contributed by atoms with E-state index in [4.69, 9.17) is 9.73 Å². The molecule has 0 heterocycles. The van der Waals surface area contributed by atoms with E-state index in [2.05, 4.69) is 35.7 Å². The summed E-state index contributed by atoms with van der Waals surface area (Å²) < 4.78 is 6.16. The minimum absolute atomic E-state index is 0.632. The van der Waals surface area contributed by atoms with Crippen LogP contribution in [0.4, 0.5) is 5.69 Å². The summed E-state index contributed by atoms with van der Waals surface area (Å²) in [5.74, 6) is 1.42. The standard InChI is InChI=1S/C25H23NOS/c1-19(18-28-24-13-6-3-7-14-24)25(27-23-11-4-2-5-12-23)26-22-16-15-20-9-8-10-21(20)17-22/h2-7,11-18H,8-10H2,1H3/b19-18+,26-25?. The number of rotatable bonds is 5. The SMILES string of the molecule is C/C(=C\Sc1ccccc1)C(=Nc1ccc2c(c1)CCC2)Oc1ccccc1. The van der Waals surface area contributed by atoms with Crippen LogP contribution < -0.4 is 4.74 Å². The van der Waals surface area contributed by atoms with E-state index in [0.29, 0.717) is 5.90 Å². The maximum atomic E-state index is 6.16. The van der Waals surface area contributed by atoms with Crippen LogP contribution in [0.1, 0.15) is 24.5 Å². The molecule has 0 unspecified atom stereocenters. The van der Waals surface area contributed by atoms with Crippen molar-refractivity contribution in [3.05, 3.63) is 101 Å². The average Bonchev–Trinajstić information content (AvgIpc) is 3.21. The maximum absolute atomic E-state index is 6.16. The van der Waals surface area contributed by atoms with Gasteiger partial charge in [0.15, 0.2) is 0 Å². The minimum atomic E-state index is 0.632. The van der Waals surface area contributed by atoms with E-state index in [0.717, 1.165) is 23.4 Å². The number of aryl methyl sites for hydroxylation is 2. The van der Waals surface area contributed by atoms with Gasteiger partial charge in [-0.2, -0.15) is 0 Å². The molecule has 140 valence electrons. The zero-order valence-electron chi connectivity index (χ0n) is 16.0. The van der Waals surface area contributed by atoms with Gasteiger partial charge in [0.25, 0.3) is 0 Å². The fourth-order valence-corrected chi connectivity index (χ4v) is 3.97. The summed E-state index contributed by atoms with van der Waals surface area (Å²) in [5.41, 5.74) is 4.82. The summed E-state index contributed by atoms with van der Waals surface area (Å²) >= 11 is 1.68. The van der Waals surface area contributed by atoms with E-state index in [1.165, 1.54) is 28.9 Å². The van der Waals surface area contributed by atoms with Crippen molar-refractivity contribution >= 4 is 23.3 Å². The van der Waals surface area contributed by atoms with Gasteiger partial charge in [0.05, 0.1) is 5.69 Å². The highest BCUT2D eigenvalue weighted by molar-refractivity contribution is 8.02. The first kappa shape index (κ1) is 18.6. The number of benzene rings is 3. The van der Waals surface area contributed by atoms with E-state index in [9.17, 15) is 0 Å². The van der Waals surface area contributed by atoms with Crippen LogP contribution in [0.15, 0.2) is 99.7 Å². The second kappa shape index (κ2) is 8.94. The predicted octanol–water partition coefficient (Wildman–Crippen LogP) is 6.98. The lowest BCUT2D eigenvalue weighted by Crippen LogP contribution is -2.09. The first-order chi connectivity index (χ1) is 13.8. The molecule has 0 aliphatic heterocycles. The summed E-state index contributed by atoms with van der Waals surface area (Å²) in [6, 6.07) is 26.7. The number of ether oxygens (including phenoxy) is 1. The Hall–Kier alpha value is -2.78.